The Bertz CT molecular complexity index is 1310. The number of hydrogen-bond acceptors (Lipinski definition) is 5. The minimum Gasteiger partial charge on any atom is -0.487 e. The lowest BCUT2D eigenvalue weighted by atomic mass is 10.1. The number of likely N-dealkylation sites (tertiary alicyclic amines) is 1. The first-order valence-electron chi connectivity index (χ1n) is 10.9. The lowest BCUT2D eigenvalue weighted by Crippen LogP contribution is -2.28. The van der Waals surface area contributed by atoms with Crippen molar-refractivity contribution in [3.05, 3.63) is 95.9 Å². The second-order valence-corrected chi connectivity index (χ2v) is 8.04. The summed E-state index contributed by atoms with van der Waals surface area (Å²) in [7, 11) is 0. The van der Waals surface area contributed by atoms with Crippen LogP contribution >= 0.6 is 0 Å². The molecule has 0 radical (unpaired) electrons. The molecule has 1 N–H and O–H groups in total. The Morgan fingerprint density at radius 1 is 0.941 bits per heavy atom. The molecule has 1 saturated heterocycles. The third kappa shape index (κ3) is 4.66. The van der Waals surface area contributed by atoms with Gasteiger partial charge in [0.05, 0.1) is 12.2 Å². The fourth-order valence-corrected chi connectivity index (χ4v) is 3.80. The predicted molar refractivity (Wildman–Crippen MR) is 125 cm³/mol. The zero-order valence-electron chi connectivity index (χ0n) is 18.3. The number of imidazole rings is 1. The smallest absolute Gasteiger partial charge is 0.255 e. The number of hydrogen-bond donors (Lipinski definition) is 1. The quantitative estimate of drug-likeness (QED) is 0.429. The Morgan fingerprint density at radius 2 is 1.68 bits per heavy atom. The number of ether oxygens (including phenoxy) is 1. The molecule has 3 amide bonds. The van der Waals surface area contributed by atoms with Gasteiger partial charge in [0, 0.05) is 36.5 Å². The summed E-state index contributed by atoms with van der Waals surface area (Å²) < 4.78 is 7.73. The van der Waals surface area contributed by atoms with Gasteiger partial charge in [-0.05, 0) is 54.1 Å². The van der Waals surface area contributed by atoms with Gasteiger partial charge in [0.1, 0.15) is 18.0 Å². The summed E-state index contributed by atoms with van der Waals surface area (Å²) >= 11 is 0. The first-order chi connectivity index (χ1) is 16.5. The number of pyridine rings is 1. The molecular formula is C26H22N4O4. The first-order valence-corrected chi connectivity index (χ1v) is 10.9. The van der Waals surface area contributed by atoms with Crippen LogP contribution in [0, 0.1) is 0 Å². The monoisotopic (exact) mass is 454 g/mol. The minimum absolute atomic E-state index is 0.145. The van der Waals surface area contributed by atoms with Crippen molar-refractivity contribution in [1.82, 2.24) is 14.3 Å². The van der Waals surface area contributed by atoms with E-state index in [0.717, 1.165) is 16.9 Å². The van der Waals surface area contributed by atoms with Crippen LogP contribution in [0.3, 0.4) is 0 Å². The van der Waals surface area contributed by atoms with E-state index in [1.54, 1.807) is 48.5 Å². The second-order valence-electron chi connectivity index (χ2n) is 8.04. The van der Waals surface area contributed by atoms with Gasteiger partial charge in [0.25, 0.3) is 5.91 Å². The Balaban J connectivity index is 1.15. The molecule has 0 aliphatic carbocycles. The van der Waals surface area contributed by atoms with Gasteiger partial charge in [-0.15, -0.1) is 0 Å². The molecule has 8 heteroatoms. The van der Waals surface area contributed by atoms with E-state index in [2.05, 4.69) is 10.3 Å². The van der Waals surface area contributed by atoms with Gasteiger partial charge in [0.2, 0.25) is 11.8 Å². The van der Waals surface area contributed by atoms with Gasteiger partial charge in [-0.1, -0.05) is 18.2 Å². The lowest BCUT2D eigenvalue weighted by Gasteiger charge is -2.14. The molecule has 3 heterocycles. The maximum Gasteiger partial charge on any atom is 0.255 e. The molecular weight excluding hydrogens is 432 g/mol. The number of rotatable bonds is 7. The minimum atomic E-state index is -0.246. The van der Waals surface area contributed by atoms with Gasteiger partial charge in [0.15, 0.2) is 0 Å². The van der Waals surface area contributed by atoms with Crippen LogP contribution in [0.5, 0.6) is 5.75 Å². The molecule has 1 aliphatic heterocycles. The molecule has 1 aliphatic rings. The van der Waals surface area contributed by atoms with Crippen LogP contribution < -0.4 is 10.1 Å². The number of nitrogens with zero attached hydrogens (tertiary/aromatic N) is 3. The molecule has 2 aromatic heterocycles. The standard InChI is InChI=1S/C26H22N4O4/c31-24-12-13-25(32)30(24)15-18-4-8-20(9-5-18)28-26(33)19-6-10-22(11-7-19)34-17-21-16-29-14-2-1-3-23(29)27-21/h1-11,14,16H,12-13,15,17H2,(H,28,33). The molecule has 0 atom stereocenters. The molecule has 2 aromatic carbocycles. The number of nitrogens with one attached hydrogen (secondary N) is 1. The van der Waals surface area contributed by atoms with Crippen molar-refractivity contribution in [3.8, 4) is 5.75 Å². The van der Waals surface area contributed by atoms with Crippen LogP contribution in [0.25, 0.3) is 5.65 Å². The topological polar surface area (TPSA) is 93.0 Å². The summed E-state index contributed by atoms with van der Waals surface area (Å²) in [4.78, 5) is 41.9. The van der Waals surface area contributed by atoms with E-state index in [4.69, 9.17) is 4.74 Å². The number of fused-ring (bicyclic) bond motifs is 1. The predicted octanol–water partition coefficient (Wildman–Crippen LogP) is 3.81. The van der Waals surface area contributed by atoms with E-state index in [1.165, 1.54) is 4.90 Å². The summed E-state index contributed by atoms with van der Waals surface area (Å²) in [5, 5.41) is 2.85. The summed E-state index contributed by atoms with van der Waals surface area (Å²) in [5.74, 6) is 0.106. The first kappa shape index (κ1) is 21.4. The molecule has 34 heavy (non-hydrogen) atoms. The number of aromatic nitrogens is 2. The Labute approximate surface area is 195 Å². The fraction of sp³-hybridized carbons (Fsp3) is 0.154. The molecule has 5 rings (SSSR count). The van der Waals surface area contributed by atoms with Crippen LogP contribution in [0.1, 0.15) is 34.5 Å². The van der Waals surface area contributed by atoms with E-state index in [0.29, 0.717) is 23.6 Å². The molecule has 0 spiro atoms. The van der Waals surface area contributed by atoms with E-state index in [-0.39, 0.29) is 37.1 Å². The van der Waals surface area contributed by atoms with Crippen molar-refractivity contribution in [2.24, 2.45) is 0 Å². The second kappa shape index (κ2) is 9.19. The molecule has 8 nitrogen and oxygen atoms in total. The van der Waals surface area contributed by atoms with Crippen molar-refractivity contribution >= 4 is 29.1 Å². The maximum atomic E-state index is 12.6. The highest BCUT2D eigenvalue weighted by molar-refractivity contribution is 6.04. The number of benzene rings is 2. The zero-order chi connectivity index (χ0) is 23.5. The zero-order valence-corrected chi connectivity index (χ0v) is 18.3. The maximum absolute atomic E-state index is 12.6. The number of carbonyl (C=O) groups excluding carboxylic acids is 3. The average molecular weight is 454 g/mol. The van der Waals surface area contributed by atoms with Crippen LogP contribution in [0.15, 0.2) is 79.1 Å². The highest BCUT2D eigenvalue weighted by atomic mass is 16.5. The van der Waals surface area contributed by atoms with E-state index >= 15 is 0 Å². The highest BCUT2D eigenvalue weighted by Gasteiger charge is 2.28. The molecule has 0 saturated carbocycles. The lowest BCUT2D eigenvalue weighted by molar-refractivity contribution is -0.139. The van der Waals surface area contributed by atoms with Crippen LogP contribution in [-0.4, -0.2) is 32.0 Å². The third-order valence-corrected chi connectivity index (χ3v) is 5.62. The van der Waals surface area contributed by atoms with Crippen LogP contribution in [0.2, 0.25) is 0 Å². The average Bonchev–Trinajstić information content (AvgIpc) is 3.42. The number of amides is 3. The number of carbonyl (C=O) groups is 3. The Hall–Kier alpha value is -4.46. The van der Waals surface area contributed by atoms with E-state index in [9.17, 15) is 14.4 Å². The van der Waals surface area contributed by atoms with Crippen molar-refractivity contribution in [1.29, 1.82) is 0 Å². The molecule has 170 valence electrons. The molecule has 0 unspecified atom stereocenters. The Kier molecular flexibility index (Phi) is 5.78. The Morgan fingerprint density at radius 3 is 2.38 bits per heavy atom. The summed E-state index contributed by atoms with van der Waals surface area (Å²) in [6, 6.07) is 19.8. The van der Waals surface area contributed by atoms with Crippen molar-refractivity contribution in [3.63, 3.8) is 0 Å². The van der Waals surface area contributed by atoms with Crippen molar-refractivity contribution in [2.75, 3.05) is 5.32 Å². The fourth-order valence-electron chi connectivity index (χ4n) is 3.80. The van der Waals surface area contributed by atoms with E-state index in [1.807, 2.05) is 35.0 Å². The van der Waals surface area contributed by atoms with Gasteiger partial charge < -0.3 is 14.5 Å². The largest absolute Gasteiger partial charge is 0.487 e. The SMILES string of the molecule is O=C(Nc1ccc(CN2C(=O)CCC2=O)cc1)c1ccc(OCc2cn3ccccc3n2)cc1. The number of imide groups is 1. The third-order valence-electron chi connectivity index (χ3n) is 5.62. The molecule has 1 fully saturated rings. The molecule has 4 aromatic rings. The van der Waals surface area contributed by atoms with Crippen molar-refractivity contribution < 1.29 is 19.1 Å². The summed E-state index contributed by atoms with van der Waals surface area (Å²) in [6.45, 7) is 0.580. The van der Waals surface area contributed by atoms with Crippen LogP contribution in [-0.2, 0) is 22.7 Å². The van der Waals surface area contributed by atoms with E-state index < -0.39 is 0 Å². The summed E-state index contributed by atoms with van der Waals surface area (Å²) in [6.07, 6.45) is 4.40. The van der Waals surface area contributed by atoms with Gasteiger partial charge in [-0.3, -0.25) is 19.3 Å². The van der Waals surface area contributed by atoms with Gasteiger partial charge in [-0.2, -0.15) is 0 Å². The highest BCUT2D eigenvalue weighted by Crippen LogP contribution is 2.19. The van der Waals surface area contributed by atoms with Crippen molar-refractivity contribution in [2.45, 2.75) is 26.0 Å². The van der Waals surface area contributed by atoms with Gasteiger partial charge >= 0.3 is 0 Å². The van der Waals surface area contributed by atoms with Crippen LogP contribution in [0.4, 0.5) is 5.69 Å². The molecule has 0 bridgehead atoms. The van der Waals surface area contributed by atoms with Gasteiger partial charge in [-0.25, -0.2) is 4.98 Å². The normalized spacial score (nSPS) is 13.5. The number of anilines is 1. The summed E-state index contributed by atoms with van der Waals surface area (Å²) in [5.41, 5.74) is 3.63.